The van der Waals surface area contributed by atoms with E-state index in [0.717, 1.165) is 15.9 Å². The first-order chi connectivity index (χ1) is 16.2. The van der Waals surface area contributed by atoms with Crippen molar-refractivity contribution in [3.8, 4) is 0 Å². The van der Waals surface area contributed by atoms with E-state index in [0.29, 0.717) is 24.0 Å². The number of hydrogen-bond acceptors (Lipinski definition) is 4. The Labute approximate surface area is 192 Å². The minimum Gasteiger partial charge on any atom is -0.321 e. The molecule has 4 rings (SSSR count). The standard InChI is InChI=1S/C23H22F4N6O/c1-12-19-16(21(24)25)9-17(22(26)27)28-23(19)33(30-12)11-18(34)29-20-13(2)31-32(14(20)3)10-15-7-5-4-6-8-15/h4-9,21-22H,10-11H2,1-3H3,(H,29,34). The highest BCUT2D eigenvalue weighted by molar-refractivity contribution is 5.93. The second-order valence-corrected chi connectivity index (χ2v) is 7.92. The molecular formula is C23H22F4N6O. The Kier molecular flexibility index (Phi) is 6.36. The summed E-state index contributed by atoms with van der Waals surface area (Å²) in [4.78, 5) is 16.6. The molecule has 0 aliphatic carbocycles. The van der Waals surface area contributed by atoms with Crippen LogP contribution < -0.4 is 5.32 Å². The van der Waals surface area contributed by atoms with Gasteiger partial charge < -0.3 is 5.32 Å². The lowest BCUT2D eigenvalue weighted by Crippen LogP contribution is -2.20. The third kappa shape index (κ3) is 4.50. The van der Waals surface area contributed by atoms with Crippen LogP contribution in [0.25, 0.3) is 11.0 Å². The molecule has 34 heavy (non-hydrogen) atoms. The van der Waals surface area contributed by atoms with Gasteiger partial charge in [-0.1, -0.05) is 30.3 Å². The molecule has 0 saturated carbocycles. The minimum absolute atomic E-state index is 0.0322. The Morgan fingerprint density at radius 1 is 0.971 bits per heavy atom. The number of hydrogen-bond donors (Lipinski definition) is 1. The summed E-state index contributed by atoms with van der Waals surface area (Å²) in [6.45, 7) is 5.16. The Morgan fingerprint density at radius 3 is 2.29 bits per heavy atom. The molecule has 0 fully saturated rings. The largest absolute Gasteiger partial charge is 0.321 e. The highest BCUT2D eigenvalue weighted by Gasteiger charge is 2.24. The molecule has 1 amide bonds. The van der Waals surface area contributed by atoms with Crippen LogP contribution in [-0.2, 0) is 17.9 Å². The van der Waals surface area contributed by atoms with Crippen LogP contribution in [0.15, 0.2) is 36.4 Å². The van der Waals surface area contributed by atoms with Crippen molar-refractivity contribution in [3.63, 3.8) is 0 Å². The van der Waals surface area contributed by atoms with Gasteiger partial charge in [0.25, 0.3) is 12.9 Å². The predicted molar refractivity (Wildman–Crippen MR) is 118 cm³/mol. The van der Waals surface area contributed by atoms with Crippen molar-refractivity contribution in [1.29, 1.82) is 0 Å². The maximum atomic E-state index is 13.5. The number of halogens is 4. The Hall–Kier alpha value is -3.76. The summed E-state index contributed by atoms with van der Waals surface area (Å²) in [6, 6.07) is 10.4. The van der Waals surface area contributed by atoms with Crippen molar-refractivity contribution >= 4 is 22.6 Å². The van der Waals surface area contributed by atoms with E-state index in [-0.39, 0.29) is 16.7 Å². The Bertz CT molecular complexity index is 1350. The second kappa shape index (κ2) is 9.24. The summed E-state index contributed by atoms with van der Waals surface area (Å²) in [5, 5.41) is 11.3. The first kappa shape index (κ1) is 23.4. The average Bonchev–Trinajstić information content (AvgIpc) is 3.24. The van der Waals surface area contributed by atoms with E-state index < -0.39 is 36.6 Å². The number of carbonyl (C=O) groups excluding carboxylic acids is 1. The number of rotatable bonds is 7. The number of alkyl halides is 4. The molecule has 0 unspecified atom stereocenters. The van der Waals surface area contributed by atoms with Crippen LogP contribution >= 0.6 is 0 Å². The van der Waals surface area contributed by atoms with Gasteiger partial charge >= 0.3 is 0 Å². The molecule has 0 saturated heterocycles. The van der Waals surface area contributed by atoms with Crippen molar-refractivity contribution < 1.29 is 22.4 Å². The molecule has 7 nitrogen and oxygen atoms in total. The molecule has 178 valence electrons. The second-order valence-electron chi connectivity index (χ2n) is 7.92. The van der Waals surface area contributed by atoms with Gasteiger partial charge in [-0.3, -0.25) is 9.48 Å². The van der Waals surface area contributed by atoms with Gasteiger partial charge in [0.05, 0.1) is 34.7 Å². The van der Waals surface area contributed by atoms with Gasteiger partial charge in [0, 0.05) is 5.56 Å². The van der Waals surface area contributed by atoms with Crippen molar-refractivity contribution in [2.24, 2.45) is 0 Å². The molecule has 0 atom stereocenters. The predicted octanol–water partition coefficient (Wildman–Crippen LogP) is 5.12. The smallest absolute Gasteiger partial charge is 0.280 e. The fourth-order valence-corrected chi connectivity index (χ4v) is 3.90. The molecule has 3 aromatic heterocycles. The molecule has 0 bridgehead atoms. The summed E-state index contributed by atoms with van der Waals surface area (Å²) >= 11 is 0. The summed E-state index contributed by atoms with van der Waals surface area (Å²) in [6.07, 6.45) is -6.03. The zero-order valence-electron chi connectivity index (χ0n) is 18.7. The highest BCUT2D eigenvalue weighted by Crippen LogP contribution is 2.32. The van der Waals surface area contributed by atoms with E-state index in [2.05, 4.69) is 20.5 Å². The molecule has 11 heteroatoms. The SMILES string of the molecule is Cc1nn(Cc2ccccc2)c(C)c1NC(=O)Cn1nc(C)c2c(C(F)F)cc(C(F)F)nc21. The van der Waals surface area contributed by atoms with Crippen molar-refractivity contribution in [2.75, 3.05) is 5.32 Å². The number of nitrogens with one attached hydrogen (secondary N) is 1. The molecule has 0 radical (unpaired) electrons. The average molecular weight is 474 g/mol. The van der Waals surface area contributed by atoms with Crippen LogP contribution in [0, 0.1) is 20.8 Å². The first-order valence-electron chi connectivity index (χ1n) is 10.5. The van der Waals surface area contributed by atoms with Crippen LogP contribution in [0.4, 0.5) is 23.2 Å². The van der Waals surface area contributed by atoms with Gasteiger partial charge in [-0.25, -0.2) is 27.2 Å². The van der Waals surface area contributed by atoms with Crippen molar-refractivity contribution in [3.05, 3.63) is 70.3 Å². The van der Waals surface area contributed by atoms with Crippen LogP contribution in [-0.4, -0.2) is 30.5 Å². The van der Waals surface area contributed by atoms with Crippen molar-refractivity contribution in [1.82, 2.24) is 24.5 Å². The van der Waals surface area contributed by atoms with E-state index in [9.17, 15) is 22.4 Å². The van der Waals surface area contributed by atoms with E-state index in [1.54, 1.807) is 11.6 Å². The topological polar surface area (TPSA) is 77.6 Å². The third-order valence-electron chi connectivity index (χ3n) is 5.50. The molecule has 1 aromatic carbocycles. The van der Waals surface area contributed by atoms with Crippen LogP contribution in [0.1, 0.15) is 46.8 Å². The third-order valence-corrected chi connectivity index (χ3v) is 5.50. The molecule has 0 spiro atoms. The van der Waals surface area contributed by atoms with E-state index in [4.69, 9.17) is 0 Å². The molecular weight excluding hydrogens is 452 g/mol. The number of aryl methyl sites for hydroxylation is 2. The lowest BCUT2D eigenvalue weighted by Gasteiger charge is -2.09. The van der Waals surface area contributed by atoms with Crippen LogP contribution in [0.5, 0.6) is 0 Å². The van der Waals surface area contributed by atoms with Crippen molar-refractivity contribution in [2.45, 2.75) is 46.7 Å². The number of amides is 1. The van der Waals surface area contributed by atoms with E-state index in [1.807, 2.05) is 37.3 Å². The zero-order valence-corrected chi connectivity index (χ0v) is 18.7. The molecule has 0 aliphatic heterocycles. The molecule has 1 N–H and O–H groups in total. The zero-order chi connectivity index (χ0) is 24.6. The number of benzene rings is 1. The van der Waals surface area contributed by atoms with Gasteiger partial charge in [0.2, 0.25) is 5.91 Å². The maximum absolute atomic E-state index is 13.5. The van der Waals surface area contributed by atoms with E-state index >= 15 is 0 Å². The number of aromatic nitrogens is 5. The van der Waals surface area contributed by atoms with Crippen LogP contribution in [0.2, 0.25) is 0 Å². The number of anilines is 1. The molecule has 3 heterocycles. The summed E-state index contributed by atoms with van der Waals surface area (Å²) < 4.78 is 56.4. The van der Waals surface area contributed by atoms with Gasteiger partial charge in [-0.15, -0.1) is 0 Å². The number of pyridine rings is 1. The summed E-state index contributed by atoms with van der Waals surface area (Å²) in [5.74, 6) is -0.516. The van der Waals surface area contributed by atoms with Gasteiger partial charge in [-0.2, -0.15) is 10.2 Å². The minimum atomic E-state index is -3.04. The number of carbonyl (C=O) groups is 1. The lowest BCUT2D eigenvalue weighted by molar-refractivity contribution is -0.116. The summed E-state index contributed by atoms with van der Waals surface area (Å²) in [5.41, 5.74) is 1.50. The number of fused-ring (bicyclic) bond motifs is 1. The van der Waals surface area contributed by atoms with Gasteiger partial charge in [0.1, 0.15) is 12.2 Å². The summed E-state index contributed by atoms with van der Waals surface area (Å²) in [7, 11) is 0. The first-order valence-corrected chi connectivity index (χ1v) is 10.5. The fourth-order valence-electron chi connectivity index (χ4n) is 3.90. The fraction of sp³-hybridized carbons (Fsp3) is 0.304. The quantitative estimate of drug-likeness (QED) is 0.378. The van der Waals surface area contributed by atoms with Crippen LogP contribution in [0.3, 0.4) is 0 Å². The van der Waals surface area contributed by atoms with Gasteiger partial charge in [-0.05, 0) is 32.4 Å². The number of nitrogens with zero attached hydrogens (tertiary/aromatic N) is 5. The Balaban J connectivity index is 1.61. The Morgan fingerprint density at radius 2 is 1.65 bits per heavy atom. The normalized spacial score (nSPS) is 11.7. The molecule has 0 aliphatic rings. The molecule has 4 aromatic rings. The lowest BCUT2D eigenvalue weighted by atomic mass is 10.1. The maximum Gasteiger partial charge on any atom is 0.280 e. The monoisotopic (exact) mass is 474 g/mol. The van der Waals surface area contributed by atoms with Gasteiger partial charge in [0.15, 0.2) is 5.65 Å². The highest BCUT2D eigenvalue weighted by atomic mass is 19.3. The van der Waals surface area contributed by atoms with E-state index in [1.165, 1.54) is 6.92 Å².